The molecule has 0 aliphatic carbocycles. The van der Waals surface area contributed by atoms with E-state index in [1.807, 2.05) is 24.3 Å². The average molecular weight is 357 g/mol. The Morgan fingerprint density at radius 1 is 0.962 bits per heavy atom. The average Bonchev–Trinajstić information content (AvgIpc) is 2.66. The molecule has 6 heteroatoms. The summed E-state index contributed by atoms with van der Waals surface area (Å²) < 4.78 is 15.7. The van der Waals surface area contributed by atoms with E-state index in [4.69, 9.17) is 14.2 Å². The molecule has 6 nitrogen and oxygen atoms in total. The van der Waals surface area contributed by atoms with Crippen LogP contribution in [0.15, 0.2) is 42.5 Å². The lowest BCUT2D eigenvalue weighted by molar-refractivity contribution is -0.123. The molecule has 0 bridgehead atoms. The molecule has 1 amide bonds. The van der Waals surface area contributed by atoms with E-state index in [1.165, 1.54) is 14.0 Å². The van der Waals surface area contributed by atoms with E-state index in [1.54, 1.807) is 25.3 Å². The zero-order chi connectivity index (χ0) is 18.9. The number of carbonyl (C=O) groups is 2. The third-order valence-corrected chi connectivity index (χ3v) is 3.82. The number of amides is 1. The van der Waals surface area contributed by atoms with Gasteiger partial charge in [-0.1, -0.05) is 12.1 Å². The number of carbonyl (C=O) groups excluding carboxylic acids is 2. The second kappa shape index (κ2) is 9.46. The molecule has 2 rings (SSSR count). The molecule has 0 fully saturated rings. The van der Waals surface area contributed by atoms with Gasteiger partial charge in [0.1, 0.15) is 17.2 Å². The van der Waals surface area contributed by atoms with Gasteiger partial charge in [0.25, 0.3) is 5.91 Å². The van der Waals surface area contributed by atoms with Gasteiger partial charge in [-0.05, 0) is 43.2 Å². The van der Waals surface area contributed by atoms with Crippen molar-refractivity contribution in [1.82, 2.24) is 5.32 Å². The molecule has 0 aliphatic heterocycles. The van der Waals surface area contributed by atoms with E-state index in [-0.39, 0.29) is 18.3 Å². The van der Waals surface area contributed by atoms with Crippen molar-refractivity contribution in [2.75, 3.05) is 27.4 Å². The Morgan fingerprint density at radius 2 is 1.62 bits per heavy atom. The smallest absolute Gasteiger partial charge is 0.257 e. The van der Waals surface area contributed by atoms with E-state index in [0.29, 0.717) is 30.0 Å². The van der Waals surface area contributed by atoms with Gasteiger partial charge in [-0.3, -0.25) is 9.59 Å². The van der Waals surface area contributed by atoms with Crippen LogP contribution >= 0.6 is 0 Å². The van der Waals surface area contributed by atoms with Crippen molar-refractivity contribution < 1.29 is 23.8 Å². The molecular weight excluding hydrogens is 334 g/mol. The van der Waals surface area contributed by atoms with E-state index in [2.05, 4.69) is 5.32 Å². The maximum Gasteiger partial charge on any atom is 0.257 e. The Kier molecular flexibility index (Phi) is 7.02. The highest BCUT2D eigenvalue weighted by molar-refractivity contribution is 5.97. The zero-order valence-corrected chi connectivity index (χ0v) is 15.2. The highest BCUT2D eigenvalue weighted by atomic mass is 16.5. The fourth-order valence-corrected chi connectivity index (χ4v) is 2.37. The van der Waals surface area contributed by atoms with Crippen molar-refractivity contribution >= 4 is 11.7 Å². The largest absolute Gasteiger partial charge is 0.497 e. The normalized spacial score (nSPS) is 10.1. The van der Waals surface area contributed by atoms with Crippen LogP contribution in [-0.4, -0.2) is 39.1 Å². The van der Waals surface area contributed by atoms with Gasteiger partial charge >= 0.3 is 0 Å². The summed E-state index contributed by atoms with van der Waals surface area (Å²) >= 11 is 0. The first-order valence-electron chi connectivity index (χ1n) is 8.25. The van der Waals surface area contributed by atoms with Gasteiger partial charge in [0.15, 0.2) is 12.4 Å². The van der Waals surface area contributed by atoms with Gasteiger partial charge in [0.2, 0.25) is 0 Å². The second-order valence-corrected chi connectivity index (χ2v) is 5.65. The fourth-order valence-electron chi connectivity index (χ4n) is 2.37. The highest BCUT2D eigenvalue weighted by Gasteiger charge is 2.12. The quantitative estimate of drug-likeness (QED) is 0.699. The first kappa shape index (κ1) is 19.3. The molecule has 0 atom stereocenters. The number of methoxy groups -OCH3 is 2. The maximum absolute atomic E-state index is 12.0. The molecule has 0 spiro atoms. The Labute approximate surface area is 153 Å². The molecule has 2 aromatic carbocycles. The standard InChI is InChI=1S/C20H23NO5/c1-14(22)18-9-8-17(25-3)12-19(18)26-13-20(23)21-11-10-15-4-6-16(24-2)7-5-15/h4-9,12H,10-11,13H2,1-3H3,(H,21,23). The molecule has 0 radical (unpaired) electrons. The first-order valence-corrected chi connectivity index (χ1v) is 8.25. The molecule has 0 unspecified atom stereocenters. The Balaban J connectivity index is 1.83. The van der Waals surface area contributed by atoms with E-state index < -0.39 is 0 Å². The minimum atomic E-state index is -0.254. The first-order chi connectivity index (χ1) is 12.5. The van der Waals surface area contributed by atoms with E-state index >= 15 is 0 Å². The van der Waals surface area contributed by atoms with E-state index in [9.17, 15) is 9.59 Å². The topological polar surface area (TPSA) is 73.9 Å². The number of benzene rings is 2. The van der Waals surface area contributed by atoms with Gasteiger partial charge in [-0.25, -0.2) is 0 Å². The summed E-state index contributed by atoms with van der Waals surface area (Å²) in [7, 11) is 3.15. The van der Waals surface area contributed by atoms with Gasteiger partial charge in [-0.2, -0.15) is 0 Å². The van der Waals surface area contributed by atoms with Gasteiger partial charge in [0.05, 0.1) is 19.8 Å². The van der Waals surface area contributed by atoms with Crippen LogP contribution in [0.5, 0.6) is 17.2 Å². The van der Waals surface area contributed by atoms with Crippen LogP contribution in [-0.2, 0) is 11.2 Å². The second-order valence-electron chi connectivity index (χ2n) is 5.65. The summed E-state index contributed by atoms with van der Waals surface area (Å²) in [6.45, 7) is 1.77. The van der Waals surface area contributed by atoms with Gasteiger partial charge in [0, 0.05) is 12.6 Å². The molecule has 26 heavy (non-hydrogen) atoms. The summed E-state index contributed by atoms with van der Waals surface area (Å²) in [5.74, 6) is 1.30. The summed E-state index contributed by atoms with van der Waals surface area (Å²) in [6, 6.07) is 12.6. The monoisotopic (exact) mass is 357 g/mol. The number of rotatable bonds is 9. The third kappa shape index (κ3) is 5.51. The highest BCUT2D eigenvalue weighted by Crippen LogP contribution is 2.25. The lowest BCUT2D eigenvalue weighted by atomic mass is 10.1. The molecule has 0 saturated carbocycles. The summed E-state index contributed by atoms with van der Waals surface area (Å²) in [5.41, 5.74) is 1.51. The zero-order valence-electron chi connectivity index (χ0n) is 15.2. The summed E-state index contributed by atoms with van der Waals surface area (Å²) in [6.07, 6.45) is 0.702. The van der Waals surface area contributed by atoms with E-state index in [0.717, 1.165) is 11.3 Å². The third-order valence-electron chi connectivity index (χ3n) is 3.82. The van der Waals surface area contributed by atoms with Crippen LogP contribution in [0.4, 0.5) is 0 Å². The Morgan fingerprint density at radius 3 is 2.23 bits per heavy atom. The van der Waals surface area contributed by atoms with Crippen molar-refractivity contribution in [3.05, 3.63) is 53.6 Å². The minimum Gasteiger partial charge on any atom is -0.497 e. The van der Waals surface area contributed by atoms with Crippen LogP contribution in [0.1, 0.15) is 22.8 Å². The SMILES string of the molecule is COc1ccc(CCNC(=O)COc2cc(OC)ccc2C(C)=O)cc1. The van der Waals surface area contributed by atoms with Crippen LogP contribution in [0.3, 0.4) is 0 Å². The predicted molar refractivity (Wildman–Crippen MR) is 98.2 cm³/mol. The van der Waals surface area contributed by atoms with Gasteiger partial charge < -0.3 is 19.5 Å². The minimum absolute atomic E-state index is 0.137. The summed E-state index contributed by atoms with van der Waals surface area (Å²) in [4.78, 5) is 23.6. The van der Waals surface area contributed by atoms with Crippen LogP contribution < -0.4 is 19.5 Å². The van der Waals surface area contributed by atoms with Crippen LogP contribution in [0.25, 0.3) is 0 Å². The lowest BCUT2D eigenvalue weighted by Crippen LogP contribution is -2.30. The van der Waals surface area contributed by atoms with Crippen molar-refractivity contribution in [3.8, 4) is 17.2 Å². The maximum atomic E-state index is 12.0. The number of ether oxygens (including phenoxy) is 3. The van der Waals surface area contributed by atoms with Crippen LogP contribution in [0, 0.1) is 0 Å². The molecule has 138 valence electrons. The van der Waals surface area contributed by atoms with Crippen LogP contribution in [0.2, 0.25) is 0 Å². The Hall–Kier alpha value is -3.02. The van der Waals surface area contributed by atoms with Crippen molar-refractivity contribution in [2.45, 2.75) is 13.3 Å². The molecule has 0 heterocycles. The Bertz CT molecular complexity index is 755. The molecule has 0 aliphatic rings. The molecule has 2 aromatic rings. The number of ketones is 1. The predicted octanol–water partition coefficient (Wildman–Crippen LogP) is 2.64. The van der Waals surface area contributed by atoms with Crippen molar-refractivity contribution in [1.29, 1.82) is 0 Å². The molecule has 0 aromatic heterocycles. The molecule has 1 N–H and O–H groups in total. The van der Waals surface area contributed by atoms with Crippen molar-refractivity contribution in [2.24, 2.45) is 0 Å². The van der Waals surface area contributed by atoms with Crippen molar-refractivity contribution in [3.63, 3.8) is 0 Å². The number of hydrogen-bond donors (Lipinski definition) is 1. The molecular formula is C20H23NO5. The lowest BCUT2D eigenvalue weighted by Gasteiger charge is -2.11. The van der Waals surface area contributed by atoms with Gasteiger partial charge in [-0.15, -0.1) is 0 Å². The summed E-state index contributed by atoms with van der Waals surface area (Å²) in [5, 5.41) is 2.80. The number of hydrogen-bond acceptors (Lipinski definition) is 5. The fraction of sp³-hybridized carbons (Fsp3) is 0.300. The molecule has 0 saturated heterocycles. The number of nitrogens with one attached hydrogen (secondary N) is 1. The number of Topliss-reactive ketones (excluding diaryl/α,β-unsaturated/α-hetero) is 1.